The summed E-state index contributed by atoms with van der Waals surface area (Å²) in [5.41, 5.74) is 3.53. The Labute approximate surface area is 132 Å². The van der Waals surface area contributed by atoms with E-state index in [1.54, 1.807) is 36.4 Å². The number of halogens is 1. The Morgan fingerprint density at radius 3 is 2.64 bits per heavy atom. The average Bonchev–Trinajstić information content (AvgIpc) is 2.50. The second-order valence-corrected chi connectivity index (χ2v) is 4.70. The van der Waals surface area contributed by atoms with Crippen molar-refractivity contribution in [2.75, 3.05) is 12.4 Å². The van der Waals surface area contributed by atoms with Gasteiger partial charge in [-0.15, -0.1) is 0 Å². The van der Waals surface area contributed by atoms with Crippen LogP contribution >= 0.6 is 11.6 Å². The molecule has 0 aliphatic rings. The fraction of sp³-hybridized carbons (Fsp3) is 0.0667. The summed E-state index contributed by atoms with van der Waals surface area (Å²) in [5, 5.41) is 16.6. The van der Waals surface area contributed by atoms with Crippen LogP contribution in [0.1, 0.15) is 5.56 Å². The molecule has 22 heavy (non-hydrogen) atoms. The maximum atomic E-state index is 11.6. The molecule has 0 saturated heterocycles. The zero-order valence-electron chi connectivity index (χ0n) is 11.7. The quantitative estimate of drug-likeness (QED) is 0.597. The van der Waals surface area contributed by atoms with Gasteiger partial charge >= 0.3 is 6.03 Å². The molecule has 114 valence electrons. The number of phenolic OH excluding ortho intramolecular Hbond substituents is 1. The van der Waals surface area contributed by atoms with E-state index >= 15 is 0 Å². The standard InChI is InChI=1S/C15H14ClN3O3/c1-22-14-7-2-10(8-13(14)20)9-17-19-15(21)18-12-5-3-11(16)4-6-12/h2-9,20H,1H3,(H2,18,19,21)/b17-9-. The first-order valence-electron chi connectivity index (χ1n) is 6.31. The van der Waals surface area contributed by atoms with Crippen molar-refractivity contribution in [3.8, 4) is 11.5 Å². The van der Waals surface area contributed by atoms with Crippen molar-refractivity contribution in [1.29, 1.82) is 0 Å². The molecule has 7 heteroatoms. The first kappa shape index (κ1) is 15.7. The van der Waals surface area contributed by atoms with Crippen LogP contribution in [0, 0.1) is 0 Å². The predicted octanol–water partition coefficient (Wildman–Crippen LogP) is 3.21. The minimum absolute atomic E-state index is 0.00272. The van der Waals surface area contributed by atoms with E-state index in [0.717, 1.165) is 0 Å². The molecule has 3 N–H and O–H groups in total. The van der Waals surface area contributed by atoms with Crippen LogP contribution in [0.25, 0.3) is 0 Å². The maximum Gasteiger partial charge on any atom is 0.339 e. The first-order chi connectivity index (χ1) is 10.6. The minimum atomic E-state index is -0.490. The average molecular weight is 320 g/mol. The van der Waals surface area contributed by atoms with Gasteiger partial charge in [-0.2, -0.15) is 5.10 Å². The van der Waals surface area contributed by atoms with Gasteiger partial charge in [0.1, 0.15) is 0 Å². The van der Waals surface area contributed by atoms with Gasteiger partial charge in [0, 0.05) is 10.7 Å². The number of aromatic hydroxyl groups is 1. The van der Waals surface area contributed by atoms with Crippen LogP contribution in [0.5, 0.6) is 11.5 Å². The molecule has 2 amide bonds. The number of hydrazone groups is 1. The number of rotatable bonds is 4. The highest BCUT2D eigenvalue weighted by molar-refractivity contribution is 6.30. The van der Waals surface area contributed by atoms with Crippen molar-refractivity contribution in [2.24, 2.45) is 5.10 Å². The molecule has 0 spiro atoms. The SMILES string of the molecule is COc1ccc(/C=N\NC(=O)Nc2ccc(Cl)cc2)cc1O. The molecular weight excluding hydrogens is 306 g/mol. The molecule has 0 radical (unpaired) electrons. The minimum Gasteiger partial charge on any atom is -0.504 e. The van der Waals surface area contributed by atoms with Gasteiger partial charge < -0.3 is 15.2 Å². The zero-order chi connectivity index (χ0) is 15.9. The summed E-state index contributed by atoms with van der Waals surface area (Å²) in [4.78, 5) is 11.6. The molecule has 0 heterocycles. The third-order valence-corrected chi connectivity index (χ3v) is 2.94. The molecule has 6 nitrogen and oxygen atoms in total. The van der Waals surface area contributed by atoms with Gasteiger partial charge in [-0.3, -0.25) is 0 Å². The summed E-state index contributed by atoms with van der Waals surface area (Å²) >= 11 is 5.75. The van der Waals surface area contributed by atoms with E-state index in [4.69, 9.17) is 16.3 Å². The zero-order valence-corrected chi connectivity index (χ0v) is 12.5. The van der Waals surface area contributed by atoms with Crippen molar-refractivity contribution in [1.82, 2.24) is 5.43 Å². The lowest BCUT2D eigenvalue weighted by Crippen LogP contribution is -2.24. The molecule has 0 aliphatic carbocycles. The summed E-state index contributed by atoms with van der Waals surface area (Å²) in [7, 11) is 1.46. The Kier molecular flexibility index (Phi) is 5.21. The van der Waals surface area contributed by atoms with Crippen molar-refractivity contribution in [2.45, 2.75) is 0 Å². The molecule has 0 bridgehead atoms. The van der Waals surface area contributed by atoms with Crippen LogP contribution < -0.4 is 15.5 Å². The van der Waals surface area contributed by atoms with E-state index in [0.29, 0.717) is 22.0 Å². The van der Waals surface area contributed by atoms with Gasteiger partial charge in [-0.25, -0.2) is 10.2 Å². The number of carbonyl (C=O) groups excluding carboxylic acids is 1. The van der Waals surface area contributed by atoms with E-state index in [1.807, 2.05) is 0 Å². The maximum absolute atomic E-state index is 11.6. The predicted molar refractivity (Wildman–Crippen MR) is 85.9 cm³/mol. The van der Waals surface area contributed by atoms with Gasteiger partial charge in [0.25, 0.3) is 0 Å². The van der Waals surface area contributed by atoms with Gasteiger partial charge in [0.15, 0.2) is 11.5 Å². The monoisotopic (exact) mass is 319 g/mol. The molecular formula is C15H14ClN3O3. The lowest BCUT2D eigenvalue weighted by atomic mass is 10.2. The molecule has 0 aliphatic heterocycles. The molecule has 0 saturated carbocycles. The summed E-state index contributed by atoms with van der Waals surface area (Å²) in [6.45, 7) is 0. The number of carbonyl (C=O) groups is 1. The van der Waals surface area contributed by atoms with Crippen LogP contribution in [0.3, 0.4) is 0 Å². The number of hydrogen-bond donors (Lipinski definition) is 3. The highest BCUT2D eigenvalue weighted by atomic mass is 35.5. The van der Waals surface area contributed by atoms with Gasteiger partial charge in [-0.1, -0.05) is 11.6 Å². The number of phenols is 1. The number of hydrogen-bond acceptors (Lipinski definition) is 4. The van der Waals surface area contributed by atoms with Crippen molar-refractivity contribution in [3.05, 3.63) is 53.1 Å². The molecule has 0 atom stereocenters. The van der Waals surface area contributed by atoms with Gasteiger partial charge in [0.2, 0.25) is 0 Å². The first-order valence-corrected chi connectivity index (χ1v) is 6.69. The van der Waals surface area contributed by atoms with E-state index in [9.17, 15) is 9.90 Å². The van der Waals surface area contributed by atoms with E-state index in [1.165, 1.54) is 19.4 Å². The number of urea groups is 1. The number of nitrogens with zero attached hydrogens (tertiary/aromatic N) is 1. The van der Waals surface area contributed by atoms with E-state index in [-0.39, 0.29) is 5.75 Å². The fourth-order valence-corrected chi connectivity index (χ4v) is 1.77. The number of nitrogens with one attached hydrogen (secondary N) is 2. The summed E-state index contributed by atoms with van der Waals surface area (Å²) in [6, 6.07) is 11.0. The topological polar surface area (TPSA) is 83.0 Å². The molecule has 2 aromatic rings. The smallest absolute Gasteiger partial charge is 0.339 e. The molecule has 0 aromatic heterocycles. The Morgan fingerprint density at radius 1 is 1.27 bits per heavy atom. The van der Waals surface area contributed by atoms with Crippen molar-refractivity contribution in [3.63, 3.8) is 0 Å². The Morgan fingerprint density at radius 2 is 2.00 bits per heavy atom. The highest BCUT2D eigenvalue weighted by Crippen LogP contribution is 2.25. The van der Waals surface area contributed by atoms with Crippen LogP contribution in [0.2, 0.25) is 5.02 Å². The van der Waals surface area contributed by atoms with Crippen molar-refractivity contribution < 1.29 is 14.6 Å². The number of anilines is 1. The molecule has 2 rings (SSSR count). The van der Waals surface area contributed by atoms with Gasteiger partial charge in [-0.05, 0) is 48.0 Å². The lowest BCUT2D eigenvalue weighted by Gasteiger charge is -2.04. The Hall–Kier alpha value is -2.73. The van der Waals surface area contributed by atoms with E-state index < -0.39 is 6.03 Å². The molecule has 2 aromatic carbocycles. The summed E-state index contributed by atoms with van der Waals surface area (Å²) in [5.74, 6) is 0.364. The second kappa shape index (κ2) is 7.33. The number of benzene rings is 2. The van der Waals surface area contributed by atoms with Crippen LogP contribution in [0.15, 0.2) is 47.6 Å². The summed E-state index contributed by atoms with van der Waals surface area (Å²) in [6.07, 6.45) is 1.40. The van der Waals surface area contributed by atoms with Crippen LogP contribution in [-0.2, 0) is 0 Å². The van der Waals surface area contributed by atoms with Gasteiger partial charge in [0.05, 0.1) is 13.3 Å². The lowest BCUT2D eigenvalue weighted by molar-refractivity contribution is 0.252. The Bertz CT molecular complexity index is 687. The normalized spacial score (nSPS) is 10.5. The largest absolute Gasteiger partial charge is 0.504 e. The molecule has 0 unspecified atom stereocenters. The third kappa shape index (κ3) is 4.39. The number of methoxy groups -OCH3 is 1. The number of ether oxygens (including phenoxy) is 1. The highest BCUT2D eigenvalue weighted by Gasteiger charge is 2.02. The molecule has 0 fully saturated rings. The second-order valence-electron chi connectivity index (χ2n) is 4.26. The van der Waals surface area contributed by atoms with Crippen LogP contribution in [0.4, 0.5) is 10.5 Å². The van der Waals surface area contributed by atoms with Crippen LogP contribution in [-0.4, -0.2) is 24.5 Å². The fourth-order valence-electron chi connectivity index (χ4n) is 1.65. The summed E-state index contributed by atoms with van der Waals surface area (Å²) < 4.78 is 4.93. The van der Waals surface area contributed by atoms with Crippen molar-refractivity contribution >= 4 is 29.5 Å². The number of amides is 2. The Balaban J connectivity index is 1.90. The van der Waals surface area contributed by atoms with E-state index in [2.05, 4.69) is 15.8 Å². The third-order valence-electron chi connectivity index (χ3n) is 2.68.